The van der Waals surface area contributed by atoms with Crippen molar-refractivity contribution in [3.05, 3.63) is 84.0 Å². The van der Waals surface area contributed by atoms with Crippen LogP contribution in [0.2, 0.25) is 0 Å². The van der Waals surface area contributed by atoms with Crippen molar-refractivity contribution in [1.82, 2.24) is 10.6 Å². The van der Waals surface area contributed by atoms with Gasteiger partial charge in [0.15, 0.2) is 5.78 Å². The molecule has 5 N–H and O–H groups in total. The Labute approximate surface area is 396 Å². The number of Topliss-reactive ketones (excluding diaryl/α,β-unsaturated/α-hetero) is 1. The van der Waals surface area contributed by atoms with Crippen molar-refractivity contribution in [1.29, 1.82) is 0 Å². The molecule has 2 aromatic rings. The van der Waals surface area contributed by atoms with Gasteiger partial charge >= 0.3 is 18.2 Å². The number of carbonyl (C=O) groups is 6. The average molecular weight is 932 g/mol. The number of anilines is 2. The summed E-state index contributed by atoms with van der Waals surface area (Å²) in [6, 6.07) is 15.9. The van der Waals surface area contributed by atoms with E-state index in [1.807, 2.05) is 67.3 Å². The average Bonchev–Trinajstić information content (AvgIpc) is 3.92. The second-order valence-corrected chi connectivity index (χ2v) is 19.3. The number of carbonyl (C=O) groups excluding carboxylic acids is 5. The number of nitrogens with zero attached hydrogens (tertiary/aromatic N) is 2. The lowest BCUT2D eigenvalue weighted by Gasteiger charge is -2.37. The van der Waals surface area contributed by atoms with Crippen LogP contribution in [0.25, 0.3) is 0 Å². The SMILES string of the molecule is CC(C)(C)OC(=O)NC1(C(=O)O)CCOCC1.CC[C@@H](/C=C/C(=O)N1CCc2ccccc21)CC(=O)C1(NC(=O)OC(C)(C)C)CCOCC1.CC[C@H](N)/C=C/C(=O)N1CCc2ccccc21. The number of nitrogens with one attached hydrogen (secondary N) is 2. The first-order chi connectivity index (χ1) is 31.6. The van der Waals surface area contributed by atoms with Gasteiger partial charge in [0.2, 0.25) is 0 Å². The Morgan fingerprint density at radius 1 is 0.687 bits per heavy atom. The van der Waals surface area contributed by atoms with Gasteiger partial charge in [-0.05, 0) is 102 Å². The zero-order valence-corrected chi connectivity index (χ0v) is 40.7. The lowest BCUT2D eigenvalue weighted by molar-refractivity contribution is -0.149. The summed E-state index contributed by atoms with van der Waals surface area (Å²) in [4.78, 5) is 77.1. The fraction of sp³-hybridized carbons (Fsp3) is 0.569. The molecule has 6 rings (SSSR count). The molecule has 4 aliphatic heterocycles. The largest absolute Gasteiger partial charge is 0.480 e. The van der Waals surface area contributed by atoms with E-state index in [9.17, 15) is 33.9 Å². The maximum atomic E-state index is 13.4. The van der Waals surface area contributed by atoms with Crippen LogP contribution in [-0.2, 0) is 51.0 Å². The second kappa shape index (κ2) is 24.4. The van der Waals surface area contributed by atoms with Gasteiger partial charge in [-0.1, -0.05) is 62.4 Å². The van der Waals surface area contributed by atoms with Crippen molar-refractivity contribution in [2.45, 2.75) is 141 Å². The lowest BCUT2D eigenvalue weighted by atomic mass is 9.81. The molecular formula is C51H73N5O11. The van der Waals surface area contributed by atoms with Crippen LogP contribution in [0, 0.1) is 5.92 Å². The number of para-hydroxylation sites is 2. The number of amides is 4. The smallest absolute Gasteiger partial charge is 0.408 e. The van der Waals surface area contributed by atoms with Gasteiger partial charge in [0, 0.05) is 95.1 Å². The number of hydrogen-bond acceptors (Lipinski definition) is 11. The predicted molar refractivity (Wildman–Crippen MR) is 257 cm³/mol. The van der Waals surface area contributed by atoms with Crippen molar-refractivity contribution < 1.29 is 52.8 Å². The molecule has 2 aromatic carbocycles. The van der Waals surface area contributed by atoms with E-state index >= 15 is 0 Å². The van der Waals surface area contributed by atoms with Gasteiger partial charge in [-0.25, -0.2) is 14.4 Å². The number of carboxylic acids is 1. The molecule has 0 aromatic heterocycles. The summed E-state index contributed by atoms with van der Waals surface area (Å²) in [5.41, 5.74) is 6.61. The molecule has 0 radical (unpaired) electrons. The summed E-state index contributed by atoms with van der Waals surface area (Å²) in [5, 5.41) is 14.5. The highest BCUT2D eigenvalue weighted by molar-refractivity contribution is 6.03. The summed E-state index contributed by atoms with van der Waals surface area (Å²) in [5.74, 6) is -1.24. The van der Waals surface area contributed by atoms with Crippen molar-refractivity contribution in [2.75, 3.05) is 49.3 Å². The van der Waals surface area contributed by atoms with E-state index in [2.05, 4.69) is 16.7 Å². The van der Waals surface area contributed by atoms with Crippen molar-refractivity contribution in [3.63, 3.8) is 0 Å². The van der Waals surface area contributed by atoms with Crippen LogP contribution in [0.5, 0.6) is 0 Å². The predicted octanol–water partition coefficient (Wildman–Crippen LogP) is 7.21. The van der Waals surface area contributed by atoms with Crippen molar-refractivity contribution >= 4 is 47.1 Å². The van der Waals surface area contributed by atoms with Crippen molar-refractivity contribution in [3.8, 4) is 0 Å². The number of hydrogen-bond donors (Lipinski definition) is 4. The van der Waals surface area contributed by atoms with Crippen LogP contribution < -0.4 is 26.2 Å². The molecule has 0 aliphatic carbocycles. The zero-order chi connectivity index (χ0) is 49.4. The second-order valence-electron chi connectivity index (χ2n) is 19.3. The van der Waals surface area contributed by atoms with Gasteiger partial charge in [0.25, 0.3) is 11.8 Å². The topological polar surface area (TPSA) is 216 Å². The Kier molecular flexibility index (Phi) is 19.7. The number of fused-ring (bicyclic) bond motifs is 2. The number of allylic oxidation sites excluding steroid dienone is 1. The number of aliphatic carboxylic acids is 1. The lowest BCUT2D eigenvalue weighted by Crippen LogP contribution is -2.58. The Morgan fingerprint density at radius 3 is 1.52 bits per heavy atom. The molecule has 16 nitrogen and oxygen atoms in total. The fourth-order valence-electron chi connectivity index (χ4n) is 7.96. The standard InChI is InChI=1S/C26H36N2O5.C14H18N2O.C11H19NO5/c1-5-19(10-11-23(30)28-15-12-20-8-6-7-9-21(20)28)18-22(29)26(13-16-32-17-14-26)27-24(31)33-25(2,3)4;1-2-12(15)7-8-14(17)16-10-9-11-5-3-4-6-13(11)16;1-10(2,3)17-9(15)12-11(8(13)14)4-6-16-7-5-11/h6-11,19H,5,12-18H2,1-4H3,(H,27,31);3-8,12H,2,9-10,15H2,1H3;4-7H2,1-3H3,(H,12,15)(H,13,14)/b11-10+;8-7+;/t19-;12-;/m00./s1. The molecule has 0 unspecified atom stereocenters. The monoisotopic (exact) mass is 932 g/mol. The van der Waals surface area contributed by atoms with E-state index in [0.29, 0.717) is 52.2 Å². The first-order valence-corrected chi connectivity index (χ1v) is 23.5. The fourth-order valence-corrected chi connectivity index (χ4v) is 7.96. The number of benzene rings is 2. The highest BCUT2D eigenvalue weighted by Gasteiger charge is 2.44. The molecule has 4 amide bonds. The quantitative estimate of drug-likeness (QED) is 0.155. The van der Waals surface area contributed by atoms with Gasteiger partial charge in [-0.2, -0.15) is 0 Å². The molecule has 4 heterocycles. The van der Waals surface area contributed by atoms with Crippen LogP contribution in [0.1, 0.15) is 111 Å². The van der Waals surface area contributed by atoms with Gasteiger partial charge in [0.05, 0.1) is 0 Å². The maximum Gasteiger partial charge on any atom is 0.408 e. The summed E-state index contributed by atoms with van der Waals surface area (Å²) in [7, 11) is 0. The van der Waals surface area contributed by atoms with Gasteiger partial charge < -0.3 is 50.2 Å². The first kappa shape index (κ1) is 54.0. The summed E-state index contributed by atoms with van der Waals surface area (Å²) in [6.45, 7) is 17.4. The highest BCUT2D eigenvalue weighted by atomic mass is 16.6. The Morgan fingerprint density at radius 2 is 1.10 bits per heavy atom. The van der Waals surface area contributed by atoms with E-state index in [1.165, 1.54) is 11.1 Å². The molecule has 2 saturated heterocycles. The summed E-state index contributed by atoms with van der Waals surface area (Å²) < 4.78 is 21.0. The number of ether oxygens (including phenoxy) is 4. The van der Waals surface area contributed by atoms with E-state index in [4.69, 9.17) is 24.7 Å². The molecule has 0 spiro atoms. The Balaban J connectivity index is 0.000000242. The molecule has 2 fully saturated rings. The third-order valence-corrected chi connectivity index (χ3v) is 11.9. The molecule has 0 saturated carbocycles. The van der Waals surface area contributed by atoms with Crippen LogP contribution in [-0.4, -0.2) is 109 Å². The van der Waals surface area contributed by atoms with E-state index in [0.717, 1.165) is 37.2 Å². The first-order valence-electron chi connectivity index (χ1n) is 23.5. The molecule has 16 heteroatoms. The van der Waals surface area contributed by atoms with Crippen LogP contribution in [0.4, 0.5) is 21.0 Å². The third kappa shape index (κ3) is 16.3. The molecule has 2 atom stereocenters. The molecule has 368 valence electrons. The number of nitrogens with two attached hydrogens (primary N) is 1. The number of rotatable bonds is 12. The molecule has 0 bridgehead atoms. The normalized spacial score (nSPS) is 18.2. The van der Waals surface area contributed by atoms with Crippen LogP contribution >= 0.6 is 0 Å². The molecular weight excluding hydrogens is 859 g/mol. The van der Waals surface area contributed by atoms with E-state index < -0.39 is 40.4 Å². The van der Waals surface area contributed by atoms with Crippen LogP contribution in [0.3, 0.4) is 0 Å². The van der Waals surface area contributed by atoms with Gasteiger partial charge in [-0.15, -0.1) is 0 Å². The maximum absolute atomic E-state index is 13.4. The van der Waals surface area contributed by atoms with Crippen LogP contribution in [0.15, 0.2) is 72.8 Å². The summed E-state index contributed by atoms with van der Waals surface area (Å²) in [6.07, 6.45) is 10.4. The minimum absolute atomic E-state index is 0.0267. The van der Waals surface area contributed by atoms with Gasteiger partial charge in [0.1, 0.15) is 22.3 Å². The molecule has 67 heavy (non-hydrogen) atoms. The zero-order valence-electron chi connectivity index (χ0n) is 40.7. The number of alkyl carbamates (subject to hydrolysis) is 2. The molecule has 4 aliphatic rings. The summed E-state index contributed by atoms with van der Waals surface area (Å²) >= 11 is 0. The third-order valence-electron chi connectivity index (χ3n) is 11.9. The van der Waals surface area contributed by atoms with Crippen molar-refractivity contribution in [2.24, 2.45) is 11.7 Å². The Bertz CT molecular complexity index is 2080. The number of carboxylic acid groups (broad SMARTS) is 1. The number of ketones is 1. The minimum Gasteiger partial charge on any atom is -0.480 e. The minimum atomic E-state index is -1.26. The Hall–Kier alpha value is -5.58. The van der Waals surface area contributed by atoms with E-state index in [-0.39, 0.29) is 48.8 Å². The van der Waals surface area contributed by atoms with E-state index in [1.54, 1.807) is 64.7 Å². The highest BCUT2D eigenvalue weighted by Crippen LogP contribution is 2.30. The van der Waals surface area contributed by atoms with Gasteiger partial charge in [-0.3, -0.25) is 14.4 Å².